The van der Waals surface area contributed by atoms with Crippen molar-refractivity contribution >= 4 is 33.6 Å². The van der Waals surface area contributed by atoms with Gasteiger partial charge in [-0.1, -0.05) is 0 Å². The van der Waals surface area contributed by atoms with E-state index in [4.69, 9.17) is 23.4 Å². The molecule has 0 amide bonds. The highest BCUT2D eigenvalue weighted by molar-refractivity contribution is 14.1. The maximum Gasteiger partial charge on any atom is 0.239 e. The van der Waals surface area contributed by atoms with Gasteiger partial charge in [-0.25, -0.2) is 0 Å². The number of ether oxygens (including phenoxy) is 4. The second-order valence-electron chi connectivity index (χ2n) is 5.48. The Labute approximate surface area is 168 Å². The molecule has 1 heterocycles. The van der Waals surface area contributed by atoms with Gasteiger partial charge in [0.15, 0.2) is 17.3 Å². The van der Waals surface area contributed by atoms with Crippen molar-refractivity contribution in [3.05, 3.63) is 38.1 Å². The molecule has 2 aromatic carbocycles. The number of hydrogen-bond acceptors (Lipinski definition) is 7. The zero-order valence-corrected chi connectivity index (χ0v) is 17.2. The van der Waals surface area contributed by atoms with E-state index in [1.54, 1.807) is 24.3 Å². The molecule has 0 unspecified atom stereocenters. The van der Waals surface area contributed by atoms with Crippen LogP contribution in [0, 0.1) is 3.57 Å². The normalized spacial score (nSPS) is 10.7. The Morgan fingerprint density at radius 3 is 2.19 bits per heavy atom. The molecule has 0 aliphatic rings. The zero-order chi connectivity index (χ0) is 19.7. The van der Waals surface area contributed by atoms with E-state index in [9.17, 15) is 9.90 Å². The van der Waals surface area contributed by atoms with Crippen LogP contribution in [-0.4, -0.2) is 33.5 Å². The number of phenolic OH excluding ortho intramolecular Hbond substituents is 1. The molecule has 0 radical (unpaired) electrons. The van der Waals surface area contributed by atoms with Crippen molar-refractivity contribution in [2.45, 2.75) is 0 Å². The van der Waals surface area contributed by atoms with Crippen LogP contribution in [-0.2, 0) is 0 Å². The minimum Gasteiger partial charge on any atom is -0.506 e. The Kier molecular flexibility index (Phi) is 5.36. The van der Waals surface area contributed by atoms with E-state index >= 15 is 0 Å². The van der Waals surface area contributed by atoms with E-state index in [2.05, 4.69) is 0 Å². The van der Waals surface area contributed by atoms with Crippen LogP contribution in [0.4, 0.5) is 0 Å². The summed E-state index contributed by atoms with van der Waals surface area (Å²) in [5.41, 5.74) is 0.252. The number of hydrogen-bond donors (Lipinski definition) is 1. The molecule has 0 bridgehead atoms. The fourth-order valence-electron chi connectivity index (χ4n) is 2.77. The van der Waals surface area contributed by atoms with Gasteiger partial charge in [0.05, 0.1) is 32.0 Å². The molecule has 3 aromatic rings. The predicted molar refractivity (Wildman–Crippen MR) is 109 cm³/mol. The molecule has 3 rings (SSSR count). The molecular formula is C19H17IO7. The van der Waals surface area contributed by atoms with Crippen molar-refractivity contribution in [3.63, 3.8) is 0 Å². The number of halogens is 1. The van der Waals surface area contributed by atoms with Gasteiger partial charge in [0.1, 0.15) is 22.5 Å². The summed E-state index contributed by atoms with van der Waals surface area (Å²) in [5, 5.41) is 10.5. The van der Waals surface area contributed by atoms with E-state index < -0.39 is 5.43 Å². The second kappa shape index (κ2) is 7.55. The number of fused-ring (bicyclic) bond motifs is 1. The van der Waals surface area contributed by atoms with Crippen LogP contribution in [0.1, 0.15) is 0 Å². The van der Waals surface area contributed by atoms with Crippen LogP contribution in [0.2, 0.25) is 0 Å². The average Bonchev–Trinajstić information content (AvgIpc) is 2.69. The number of methoxy groups -OCH3 is 4. The summed E-state index contributed by atoms with van der Waals surface area (Å²) in [7, 11) is 5.89. The molecule has 27 heavy (non-hydrogen) atoms. The van der Waals surface area contributed by atoms with Gasteiger partial charge < -0.3 is 28.5 Å². The van der Waals surface area contributed by atoms with Crippen LogP contribution < -0.4 is 24.4 Å². The molecule has 0 fully saturated rings. The van der Waals surface area contributed by atoms with Gasteiger partial charge in [-0.2, -0.15) is 0 Å². The second-order valence-corrected chi connectivity index (χ2v) is 6.56. The molecule has 1 N–H and O–H groups in total. The number of benzene rings is 2. The minimum atomic E-state index is -0.485. The first-order valence-electron chi connectivity index (χ1n) is 7.79. The topological polar surface area (TPSA) is 87.4 Å². The molecule has 8 heteroatoms. The van der Waals surface area contributed by atoms with Crippen molar-refractivity contribution in [2.24, 2.45) is 0 Å². The summed E-state index contributed by atoms with van der Waals surface area (Å²) in [6.45, 7) is 0. The summed E-state index contributed by atoms with van der Waals surface area (Å²) in [5.74, 6) is 1.38. The standard InChI is InChI=1S/C19H17IO7/c1-23-10-6-5-9(7-11(10)24-2)18-19(26-4)17(22)14-12(27-18)8-13(25-3)15(20)16(14)21/h5-8,21H,1-4H3. The molecule has 1 aromatic heterocycles. The van der Waals surface area contributed by atoms with Crippen LogP contribution in [0.15, 0.2) is 33.5 Å². The van der Waals surface area contributed by atoms with Crippen LogP contribution in [0.3, 0.4) is 0 Å². The summed E-state index contributed by atoms with van der Waals surface area (Å²) in [6.07, 6.45) is 0. The third kappa shape index (κ3) is 3.14. The summed E-state index contributed by atoms with van der Waals surface area (Å²) in [6, 6.07) is 6.65. The van der Waals surface area contributed by atoms with Crippen molar-refractivity contribution in [1.82, 2.24) is 0 Å². The van der Waals surface area contributed by atoms with Crippen molar-refractivity contribution < 1.29 is 28.5 Å². The smallest absolute Gasteiger partial charge is 0.239 e. The summed E-state index contributed by atoms with van der Waals surface area (Å²) in [4.78, 5) is 13.0. The molecule has 0 aliphatic carbocycles. The molecule has 0 atom stereocenters. The van der Waals surface area contributed by atoms with Gasteiger partial charge >= 0.3 is 0 Å². The monoisotopic (exact) mass is 484 g/mol. The predicted octanol–water partition coefficient (Wildman–Crippen LogP) is 3.80. The SMILES string of the molecule is COc1ccc(-c2oc3cc(OC)c(I)c(O)c3c(=O)c2OC)cc1OC. The molecular weight excluding hydrogens is 467 g/mol. The van der Waals surface area contributed by atoms with Crippen molar-refractivity contribution in [3.8, 4) is 40.1 Å². The highest BCUT2D eigenvalue weighted by Gasteiger charge is 2.23. The first-order valence-corrected chi connectivity index (χ1v) is 8.87. The highest BCUT2D eigenvalue weighted by atomic mass is 127. The quantitative estimate of drug-likeness (QED) is 0.552. The van der Waals surface area contributed by atoms with Crippen LogP contribution in [0.5, 0.6) is 28.7 Å². The number of phenols is 1. The molecule has 0 saturated heterocycles. The Balaban J connectivity index is 2.37. The minimum absolute atomic E-state index is 0.0222. The Hall–Kier alpha value is -2.62. The Morgan fingerprint density at radius 2 is 1.59 bits per heavy atom. The van der Waals surface area contributed by atoms with Gasteiger partial charge in [0, 0.05) is 11.6 Å². The third-order valence-electron chi connectivity index (χ3n) is 4.09. The largest absolute Gasteiger partial charge is 0.506 e. The fourth-order valence-corrected chi connectivity index (χ4v) is 3.42. The lowest BCUT2D eigenvalue weighted by molar-refractivity contribution is 0.355. The molecule has 142 valence electrons. The number of rotatable bonds is 5. The van der Waals surface area contributed by atoms with Gasteiger partial charge in [-0.3, -0.25) is 4.79 Å². The first-order chi connectivity index (χ1) is 13.0. The summed E-state index contributed by atoms with van der Waals surface area (Å²) >= 11 is 1.90. The van der Waals surface area contributed by atoms with Gasteiger partial charge in [-0.15, -0.1) is 0 Å². The molecule has 0 aliphatic heterocycles. The van der Waals surface area contributed by atoms with E-state index in [0.29, 0.717) is 26.4 Å². The molecule has 0 saturated carbocycles. The number of aromatic hydroxyl groups is 1. The highest BCUT2D eigenvalue weighted by Crippen LogP contribution is 2.41. The van der Waals surface area contributed by atoms with Gasteiger partial charge in [0.2, 0.25) is 11.2 Å². The van der Waals surface area contributed by atoms with Gasteiger partial charge in [0.25, 0.3) is 0 Å². The fraction of sp³-hybridized carbons (Fsp3) is 0.211. The van der Waals surface area contributed by atoms with E-state index in [1.165, 1.54) is 28.4 Å². The maximum atomic E-state index is 13.0. The van der Waals surface area contributed by atoms with Crippen LogP contribution in [0.25, 0.3) is 22.3 Å². The van der Waals surface area contributed by atoms with E-state index in [-0.39, 0.29) is 28.2 Å². The lowest BCUT2D eigenvalue weighted by Gasteiger charge is -2.13. The first kappa shape index (κ1) is 19.2. The lowest BCUT2D eigenvalue weighted by Crippen LogP contribution is -2.08. The molecule has 0 spiro atoms. The Morgan fingerprint density at radius 1 is 0.926 bits per heavy atom. The van der Waals surface area contributed by atoms with Crippen molar-refractivity contribution in [1.29, 1.82) is 0 Å². The Bertz CT molecular complexity index is 1070. The van der Waals surface area contributed by atoms with Crippen LogP contribution >= 0.6 is 22.6 Å². The zero-order valence-electron chi connectivity index (χ0n) is 15.1. The lowest BCUT2D eigenvalue weighted by atomic mass is 10.1. The van der Waals surface area contributed by atoms with E-state index in [1.807, 2.05) is 22.6 Å². The maximum absolute atomic E-state index is 13.0. The summed E-state index contributed by atoms with van der Waals surface area (Å²) < 4.78 is 27.4. The van der Waals surface area contributed by atoms with E-state index in [0.717, 1.165) is 0 Å². The molecule has 7 nitrogen and oxygen atoms in total. The van der Waals surface area contributed by atoms with Gasteiger partial charge in [-0.05, 0) is 40.8 Å². The van der Waals surface area contributed by atoms with Crippen molar-refractivity contribution in [2.75, 3.05) is 28.4 Å². The average molecular weight is 484 g/mol. The third-order valence-corrected chi connectivity index (χ3v) is 5.13.